The summed E-state index contributed by atoms with van der Waals surface area (Å²) in [4.78, 5) is 50.4. The Balaban J connectivity index is 1.17. The summed E-state index contributed by atoms with van der Waals surface area (Å²) in [6.45, 7) is 2.21. The number of amides is 3. The van der Waals surface area contributed by atoms with Crippen LogP contribution in [0, 0.1) is 5.82 Å². The highest BCUT2D eigenvalue weighted by Crippen LogP contribution is 2.37. The summed E-state index contributed by atoms with van der Waals surface area (Å²) in [6, 6.07) is 17.3. The zero-order chi connectivity index (χ0) is 29.2. The number of aliphatic imine (C=N–C) groups is 2. The molecule has 3 aliphatic rings. The first-order valence-corrected chi connectivity index (χ1v) is 14.3. The van der Waals surface area contributed by atoms with Crippen molar-refractivity contribution in [2.45, 2.75) is 37.6 Å². The van der Waals surface area contributed by atoms with Gasteiger partial charge in [-0.1, -0.05) is 43.0 Å². The maximum atomic E-state index is 13.6. The molecule has 0 aliphatic carbocycles. The third-order valence-electron chi connectivity index (χ3n) is 6.88. The van der Waals surface area contributed by atoms with E-state index >= 15 is 0 Å². The summed E-state index contributed by atoms with van der Waals surface area (Å²) in [6.07, 6.45) is 0.299. The van der Waals surface area contributed by atoms with Crippen molar-refractivity contribution in [3.63, 3.8) is 0 Å². The first-order valence-electron chi connectivity index (χ1n) is 13.4. The maximum absolute atomic E-state index is 13.6. The molecule has 2 atom stereocenters. The molecule has 0 radical (unpaired) electrons. The van der Waals surface area contributed by atoms with Crippen LogP contribution in [0.3, 0.4) is 0 Å². The number of carbonyl (C=O) groups is 3. The van der Waals surface area contributed by atoms with E-state index in [4.69, 9.17) is 14.5 Å². The van der Waals surface area contributed by atoms with Crippen molar-refractivity contribution in [1.29, 1.82) is 0 Å². The molecule has 12 heteroatoms. The fraction of sp³-hybridized carbons (Fsp3) is 0.233. The number of anilines is 1. The Morgan fingerprint density at radius 2 is 1.88 bits per heavy atom. The third kappa shape index (κ3) is 5.57. The van der Waals surface area contributed by atoms with Crippen LogP contribution in [0.4, 0.5) is 15.8 Å². The molecule has 3 aromatic rings. The normalized spacial score (nSPS) is 17.1. The molecular weight excluding hydrogens is 561 g/mol. The minimum Gasteiger partial charge on any atom is -0.454 e. The lowest BCUT2D eigenvalue weighted by atomic mass is 10.1. The van der Waals surface area contributed by atoms with Gasteiger partial charge in [0.15, 0.2) is 16.7 Å². The second kappa shape index (κ2) is 11.6. The SMILES string of the molecule is CC[C@H](SC1=Nc2ccccc2C2=N[C@H](CC(=O)NCc3ccc(F)cc3)C(=O)N12)C(=O)Nc1ccc2c(c1)OCO2. The molecule has 0 spiro atoms. The van der Waals surface area contributed by atoms with E-state index < -0.39 is 17.2 Å². The number of ether oxygens (including phenoxy) is 2. The highest BCUT2D eigenvalue weighted by atomic mass is 32.2. The summed E-state index contributed by atoms with van der Waals surface area (Å²) >= 11 is 1.17. The van der Waals surface area contributed by atoms with Crippen LogP contribution in [0.15, 0.2) is 76.7 Å². The van der Waals surface area contributed by atoms with Crippen LogP contribution in [-0.4, -0.2) is 51.7 Å². The van der Waals surface area contributed by atoms with E-state index in [0.717, 1.165) is 5.56 Å². The first-order chi connectivity index (χ1) is 20.4. The van der Waals surface area contributed by atoms with Gasteiger partial charge >= 0.3 is 0 Å². The van der Waals surface area contributed by atoms with E-state index in [1.165, 1.54) is 28.8 Å². The van der Waals surface area contributed by atoms with E-state index in [-0.39, 0.29) is 37.4 Å². The Kier molecular flexibility index (Phi) is 7.62. The highest BCUT2D eigenvalue weighted by Gasteiger charge is 2.43. The molecule has 0 bridgehead atoms. The first kappa shape index (κ1) is 27.5. The van der Waals surface area contributed by atoms with Crippen molar-refractivity contribution in [2.24, 2.45) is 9.98 Å². The molecule has 0 fully saturated rings. The molecule has 3 aliphatic heterocycles. The minimum atomic E-state index is -0.951. The molecule has 3 amide bonds. The van der Waals surface area contributed by atoms with Crippen LogP contribution in [0.1, 0.15) is 30.9 Å². The monoisotopic (exact) mass is 587 g/mol. The summed E-state index contributed by atoms with van der Waals surface area (Å²) < 4.78 is 23.9. The van der Waals surface area contributed by atoms with E-state index in [1.54, 1.807) is 30.3 Å². The summed E-state index contributed by atoms with van der Waals surface area (Å²) in [5.74, 6) is 0.186. The van der Waals surface area contributed by atoms with Crippen LogP contribution >= 0.6 is 11.8 Å². The lowest BCUT2D eigenvalue weighted by Crippen LogP contribution is -2.43. The van der Waals surface area contributed by atoms with E-state index in [0.29, 0.717) is 45.9 Å². The number of thioether (sulfide) groups is 1. The minimum absolute atomic E-state index is 0.131. The molecule has 0 saturated carbocycles. The molecular formula is C30H26FN5O5S. The number of nitrogens with zero attached hydrogens (tertiary/aromatic N) is 3. The van der Waals surface area contributed by atoms with Crippen molar-refractivity contribution < 1.29 is 28.2 Å². The van der Waals surface area contributed by atoms with Crippen LogP contribution < -0.4 is 20.1 Å². The van der Waals surface area contributed by atoms with Gasteiger partial charge in [-0.05, 0) is 48.4 Å². The number of carbonyl (C=O) groups excluding carboxylic acids is 3. The van der Waals surface area contributed by atoms with Crippen LogP contribution in [-0.2, 0) is 20.9 Å². The Bertz CT molecular complexity index is 1630. The van der Waals surface area contributed by atoms with Gasteiger partial charge in [0.25, 0.3) is 5.91 Å². The molecule has 3 aromatic carbocycles. The Morgan fingerprint density at radius 1 is 1.10 bits per heavy atom. The Morgan fingerprint density at radius 3 is 2.69 bits per heavy atom. The maximum Gasteiger partial charge on any atom is 0.259 e. The smallest absolute Gasteiger partial charge is 0.259 e. The number of para-hydroxylation sites is 1. The average Bonchev–Trinajstić information content (AvgIpc) is 3.59. The number of hydrogen-bond acceptors (Lipinski definition) is 8. The molecule has 0 saturated heterocycles. The number of halogens is 1. The molecule has 42 heavy (non-hydrogen) atoms. The zero-order valence-corrected chi connectivity index (χ0v) is 23.3. The van der Waals surface area contributed by atoms with Gasteiger partial charge in [-0.15, -0.1) is 0 Å². The van der Waals surface area contributed by atoms with Crippen LogP contribution in [0.2, 0.25) is 0 Å². The van der Waals surface area contributed by atoms with Crippen molar-refractivity contribution in [3.8, 4) is 11.5 Å². The van der Waals surface area contributed by atoms with Gasteiger partial charge in [0, 0.05) is 23.9 Å². The van der Waals surface area contributed by atoms with Crippen molar-refractivity contribution >= 4 is 51.9 Å². The lowest BCUT2D eigenvalue weighted by molar-refractivity contribution is -0.128. The van der Waals surface area contributed by atoms with E-state index in [9.17, 15) is 18.8 Å². The average molecular weight is 588 g/mol. The standard InChI is InChI=1S/C30H26FN5O5S/c1-2-25(28(38)33-19-11-12-23-24(13-19)41-16-40-23)42-30-35-21-6-4-3-5-20(21)27-34-22(29(39)36(27)30)14-26(37)32-15-17-7-9-18(31)10-8-17/h3-13,22,25H,2,14-16H2,1H3,(H,32,37)(H,33,38)/t22-,25+/m1/s1. The van der Waals surface area contributed by atoms with Gasteiger partial charge in [-0.2, -0.15) is 0 Å². The van der Waals surface area contributed by atoms with Crippen molar-refractivity contribution in [3.05, 3.63) is 83.7 Å². The summed E-state index contributed by atoms with van der Waals surface area (Å²) in [7, 11) is 0. The summed E-state index contributed by atoms with van der Waals surface area (Å²) in [5, 5.41) is 5.42. The van der Waals surface area contributed by atoms with Gasteiger partial charge in [0.2, 0.25) is 18.6 Å². The Hall–Kier alpha value is -4.71. The second-order valence-electron chi connectivity index (χ2n) is 9.73. The molecule has 214 valence electrons. The third-order valence-corrected chi connectivity index (χ3v) is 8.20. The lowest BCUT2D eigenvalue weighted by Gasteiger charge is -2.27. The van der Waals surface area contributed by atoms with E-state index in [2.05, 4.69) is 15.6 Å². The van der Waals surface area contributed by atoms with Gasteiger partial charge in [0.05, 0.1) is 17.4 Å². The number of amidine groups is 2. The number of fused-ring (bicyclic) bond motifs is 4. The highest BCUT2D eigenvalue weighted by molar-refractivity contribution is 8.15. The second-order valence-corrected chi connectivity index (χ2v) is 10.9. The molecule has 0 aromatic heterocycles. The number of benzene rings is 3. The molecule has 10 nitrogen and oxygen atoms in total. The molecule has 3 heterocycles. The number of hydrogen-bond donors (Lipinski definition) is 2. The molecule has 6 rings (SSSR count). The van der Waals surface area contributed by atoms with Crippen molar-refractivity contribution in [1.82, 2.24) is 10.2 Å². The summed E-state index contributed by atoms with van der Waals surface area (Å²) in [5.41, 5.74) is 2.58. The van der Waals surface area contributed by atoms with Gasteiger partial charge in [-0.25, -0.2) is 14.3 Å². The fourth-order valence-corrected chi connectivity index (χ4v) is 5.73. The predicted octanol–water partition coefficient (Wildman–Crippen LogP) is 4.37. The van der Waals surface area contributed by atoms with Gasteiger partial charge in [-0.3, -0.25) is 19.4 Å². The van der Waals surface area contributed by atoms with E-state index in [1.807, 2.05) is 31.2 Å². The van der Waals surface area contributed by atoms with Crippen molar-refractivity contribution in [2.75, 3.05) is 12.1 Å². The largest absolute Gasteiger partial charge is 0.454 e. The topological polar surface area (TPSA) is 122 Å². The molecule has 0 unspecified atom stereocenters. The number of rotatable bonds is 8. The number of nitrogens with one attached hydrogen (secondary N) is 2. The Labute approximate surface area is 245 Å². The quantitative estimate of drug-likeness (QED) is 0.404. The fourth-order valence-electron chi connectivity index (χ4n) is 4.71. The van der Waals surface area contributed by atoms with Crippen LogP contribution in [0.25, 0.3) is 0 Å². The van der Waals surface area contributed by atoms with Gasteiger partial charge < -0.3 is 20.1 Å². The predicted molar refractivity (Wildman–Crippen MR) is 156 cm³/mol. The van der Waals surface area contributed by atoms with Gasteiger partial charge in [0.1, 0.15) is 17.7 Å². The van der Waals surface area contributed by atoms with Crippen LogP contribution in [0.5, 0.6) is 11.5 Å². The molecule has 2 N–H and O–H groups in total. The zero-order valence-electron chi connectivity index (χ0n) is 22.5.